The zero-order chi connectivity index (χ0) is 30.8. The number of fused-ring (bicyclic) bond motifs is 4. The lowest BCUT2D eigenvalue weighted by Crippen LogP contribution is -2.24. The summed E-state index contributed by atoms with van der Waals surface area (Å²) < 4.78 is 24.2. The Bertz CT molecular complexity index is 1970. The van der Waals surface area contributed by atoms with E-state index >= 15 is 0 Å². The number of aryl methyl sites for hydroxylation is 2. The number of imidazole rings is 1. The number of nitrogens with zero attached hydrogens (tertiary/aromatic N) is 6. The number of H-pyrrole nitrogens is 2. The van der Waals surface area contributed by atoms with Crippen LogP contribution < -0.4 is 11.0 Å². The summed E-state index contributed by atoms with van der Waals surface area (Å²) in [6.07, 6.45) is 8.88. The molecule has 0 atom stereocenters. The summed E-state index contributed by atoms with van der Waals surface area (Å²) >= 11 is 0. The smallest absolute Gasteiger partial charge is 0.406 e. The van der Waals surface area contributed by atoms with Crippen LogP contribution in [0.3, 0.4) is 0 Å². The summed E-state index contributed by atoms with van der Waals surface area (Å²) in [5, 5.41) is 22.1. The molecular weight excluding hydrogens is 557 g/mol. The first-order valence-corrected chi connectivity index (χ1v) is 13.8. The predicted molar refractivity (Wildman–Crippen MR) is 161 cm³/mol. The molecule has 0 spiro atoms. The lowest BCUT2D eigenvalue weighted by atomic mass is 9.98. The van der Waals surface area contributed by atoms with Crippen LogP contribution in [0.1, 0.15) is 31.7 Å². The molecule has 13 nitrogen and oxygen atoms in total. The minimum atomic E-state index is -0.567. The quantitative estimate of drug-likeness (QED) is 0.242. The average Bonchev–Trinajstić information content (AvgIpc) is 3.85. The number of carbonyl (C=O) groups is 1. The molecule has 0 radical (unpaired) electrons. The number of methoxy groups -OCH3 is 1. The summed E-state index contributed by atoms with van der Waals surface area (Å²) in [7, 11) is 7.30. The Balaban J connectivity index is 0.000000414. The number of alkyl carbamates (subject to hydrolysis) is 1. The van der Waals surface area contributed by atoms with Gasteiger partial charge in [0, 0.05) is 51.4 Å². The van der Waals surface area contributed by atoms with Crippen LogP contribution in [0.5, 0.6) is 0 Å². The highest BCUT2D eigenvalue weighted by atomic mass is 19.1. The van der Waals surface area contributed by atoms with Crippen LogP contribution in [-0.2, 0) is 18.8 Å². The first-order valence-electron chi connectivity index (χ1n) is 13.8. The number of amides is 1. The molecule has 5 heterocycles. The third-order valence-corrected chi connectivity index (χ3v) is 7.73. The zero-order valence-corrected chi connectivity index (χ0v) is 24.6. The molecule has 5 aromatic heterocycles. The van der Waals surface area contributed by atoms with E-state index in [4.69, 9.17) is 5.11 Å². The van der Waals surface area contributed by atoms with Gasteiger partial charge in [0.2, 0.25) is 5.95 Å². The molecule has 0 aliphatic heterocycles. The molecular formula is C29H34FN9O4. The van der Waals surface area contributed by atoms with Gasteiger partial charge in [0.1, 0.15) is 5.65 Å². The highest BCUT2D eigenvalue weighted by Gasteiger charge is 2.28. The van der Waals surface area contributed by atoms with E-state index in [0.717, 1.165) is 71.2 Å². The summed E-state index contributed by atoms with van der Waals surface area (Å²) in [6, 6.07) is 6.11. The number of aromatic amines is 2. The molecule has 0 unspecified atom stereocenters. The molecule has 1 fully saturated rings. The van der Waals surface area contributed by atoms with Gasteiger partial charge in [0.05, 0.1) is 52.7 Å². The van der Waals surface area contributed by atoms with Crippen LogP contribution in [0.4, 0.5) is 9.18 Å². The molecule has 6 aromatic rings. The van der Waals surface area contributed by atoms with Crippen LogP contribution >= 0.6 is 0 Å². The van der Waals surface area contributed by atoms with Gasteiger partial charge in [-0.1, -0.05) is 18.9 Å². The van der Waals surface area contributed by atoms with Gasteiger partial charge in [0.25, 0.3) is 0 Å². The van der Waals surface area contributed by atoms with Crippen molar-refractivity contribution in [2.24, 2.45) is 14.1 Å². The molecule has 1 aromatic carbocycles. The number of nitrogens with one attached hydrogen (secondary N) is 3. The van der Waals surface area contributed by atoms with E-state index in [-0.39, 0.29) is 11.7 Å². The second-order valence-corrected chi connectivity index (χ2v) is 10.2. The number of rotatable bonds is 3. The Morgan fingerprint density at radius 3 is 2.56 bits per heavy atom. The number of benzene rings is 1. The third-order valence-electron chi connectivity index (χ3n) is 7.73. The monoisotopic (exact) mass is 591 g/mol. The molecule has 1 aliphatic rings. The van der Waals surface area contributed by atoms with E-state index < -0.39 is 12.0 Å². The SMILES string of the molecule is CNC(=O)OC.CO.Cn1cc(-c2[nH]c3ncc4c(c3c2-c2ccc3[nH]ncc3c2)n(C2CCCC2)c(=O)n4C)c(F)n1. The fourth-order valence-electron chi connectivity index (χ4n) is 5.80. The number of hydrogen-bond donors (Lipinski definition) is 4. The average molecular weight is 592 g/mol. The fraction of sp³-hybridized carbons (Fsp3) is 0.345. The number of halogens is 1. The van der Waals surface area contributed by atoms with E-state index in [9.17, 15) is 14.0 Å². The van der Waals surface area contributed by atoms with Crippen molar-refractivity contribution in [2.45, 2.75) is 31.7 Å². The largest absolute Gasteiger partial charge is 0.453 e. The van der Waals surface area contributed by atoms with Crippen LogP contribution in [0.15, 0.2) is 41.6 Å². The van der Waals surface area contributed by atoms with Crippen LogP contribution in [0.2, 0.25) is 0 Å². The van der Waals surface area contributed by atoms with Crippen molar-refractivity contribution >= 4 is 39.1 Å². The maximum atomic E-state index is 15.0. The van der Waals surface area contributed by atoms with Gasteiger partial charge < -0.3 is 20.1 Å². The summed E-state index contributed by atoms with van der Waals surface area (Å²) in [4.78, 5) is 31.3. The van der Waals surface area contributed by atoms with E-state index in [2.05, 4.69) is 35.3 Å². The predicted octanol–water partition coefficient (Wildman–Crippen LogP) is 4.00. The van der Waals surface area contributed by atoms with Crippen LogP contribution in [-0.4, -0.2) is 71.5 Å². The molecule has 1 amide bonds. The highest BCUT2D eigenvalue weighted by molar-refractivity contribution is 6.14. The molecule has 1 aliphatic carbocycles. The van der Waals surface area contributed by atoms with Gasteiger partial charge in [-0.3, -0.25) is 18.9 Å². The standard InChI is InChI=1S/C25H23FN8O.C3H7NO2.CH4O/c1-32-12-16(23(26)31-32)21-19(13-7-8-17-14(9-13)10-28-30-17)20-22-18(11-27-24(20)29-21)33(2)25(35)34(22)15-5-3-4-6-15;1-4-3(5)6-2;1-2/h7-12,15H,3-6H2,1-2H3,(H,27,29)(H,28,30);1-2H3,(H,4,5);2H,1H3. The molecule has 0 bridgehead atoms. The Morgan fingerprint density at radius 1 is 1.19 bits per heavy atom. The van der Waals surface area contributed by atoms with Crippen molar-refractivity contribution in [1.82, 2.24) is 44.4 Å². The number of pyridine rings is 1. The molecule has 0 saturated heterocycles. The molecule has 4 N–H and O–H groups in total. The molecule has 43 heavy (non-hydrogen) atoms. The van der Waals surface area contributed by atoms with Crippen LogP contribution in [0.25, 0.3) is 55.4 Å². The second-order valence-electron chi connectivity index (χ2n) is 10.2. The normalized spacial score (nSPS) is 13.2. The van der Waals surface area contributed by atoms with Crippen molar-refractivity contribution in [2.75, 3.05) is 21.3 Å². The van der Waals surface area contributed by atoms with Crippen molar-refractivity contribution in [1.29, 1.82) is 0 Å². The lowest BCUT2D eigenvalue weighted by molar-refractivity contribution is 0.173. The number of aliphatic hydroxyl groups excluding tert-OH is 1. The van der Waals surface area contributed by atoms with Crippen molar-refractivity contribution in [3.63, 3.8) is 0 Å². The summed E-state index contributed by atoms with van der Waals surface area (Å²) in [6.45, 7) is 0. The Labute approximate surface area is 245 Å². The highest BCUT2D eigenvalue weighted by Crippen LogP contribution is 2.43. The Morgan fingerprint density at radius 2 is 1.93 bits per heavy atom. The third kappa shape index (κ3) is 5.14. The van der Waals surface area contributed by atoms with E-state index in [1.807, 2.05) is 22.8 Å². The second kappa shape index (κ2) is 12.1. The minimum absolute atomic E-state index is 0.0484. The van der Waals surface area contributed by atoms with Crippen molar-refractivity contribution in [3.8, 4) is 22.4 Å². The topological polar surface area (TPSA) is 161 Å². The van der Waals surface area contributed by atoms with Gasteiger partial charge in [-0.25, -0.2) is 14.6 Å². The first-order chi connectivity index (χ1) is 20.8. The molecule has 226 valence electrons. The summed E-state index contributed by atoms with van der Waals surface area (Å²) in [5.74, 6) is -0.567. The minimum Gasteiger partial charge on any atom is -0.453 e. The van der Waals surface area contributed by atoms with E-state index in [1.54, 1.807) is 37.3 Å². The van der Waals surface area contributed by atoms with Gasteiger partial charge in [-0.15, -0.1) is 5.10 Å². The number of aliphatic hydroxyl groups is 1. The van der Waals surface area contributed by atoms with Crippen molar-refractivity contribution in [3.05, 3.63) is 53.2 Å². The number of aromatic nitrogens is 8. The van der Waals surface area contributed by atoms with E-state index in [0.29, 0.717) is 16.9 Å². The van der Waals surface area contributed by atoms with Crippen molar-refractivity contribution < 1.29 is 19.0 Å². The fourth-order valence-corrected chi connectivity index (χ4v) is 5.80. The van der Waals surface area contributed by atoms with Crippen LogP contribution in [0, 0.1) is 5.95 Å². The number of hydrogen-bond acceptors (Lipinski definition) is 7. The van der Waals surface area contributed by atoms with Gasteiger partial charge >= 0.3 is 11.8 Å². The Hall–Kier alpha value is -4.98. The van der Waals surface area contributed by atoms with Gasteiger partial charge in [0.15, 0.2) is 0 Å². The molecule has 14 heteroatoms. The zero-order valence-electron chi connectivity index (χ0n) is 24.6. The summed E-state index contributed by atoms with van der Waals surface area (Å²) in [5.41, 5.74) is 5.68. The first kappa shape index (κ1) is 29.5. The number of ether oxygens (including phenoxy) is 1. The molecule has 7 rings (SSSR count). The van der Waals surface area contributed by atoms with E-state index in [1.165, 1.54) is 18.8 Å². The molecule has 1 saturated carbocycles. The number of carbonyl (C=O) groups excluding carboxylic acids is 1. The maximum absolute atomic E-state index is 15.0. The van der Waals surface area contributed by atoms with Gasteiger partial charge in [-0.05, 0) is 30.5 Å². The maximum Gasteiger partial charge on any atom is 0.406 e. The Kier molecular flexibility index (Phi) is 8.30. The van der Waals surface area contributed by atoms with Gasteiger partial charge in [-0.2, -0.15) is 9.49 Å². The lowest BCUT2D eigenvalue weighted by Gasteiger charge is -2.13.